The molecule has 1 aliphatic heterocycles. The lowest BCUT2D eigenvalue weighted by Crippen LogP contribution is -2.18. The van der Waals surface area contributed by atoms with E-state index in [0.29, 0.717) is 6.61 Å². The molecule has 2 heteroatoms. The van der Waals surface area contributed by atoms with Gasteiger partial charge in [-0.2, -0.15) is 0 Å². The minimum atomic E-state index is -0.258. The Hall–Kier alpha value is -1.28. The van der Waals surface area contributed by atoms with Crippen molar-refractivity contribution >= 4 is 0 Å². The highest BCUT2D eigenvalue weighted by atomic mass is 16.5. The maximum absolute atomic E-state index is 5.65. The second kappa shape index (κ2) is 3.46. The van der Waals surface area contributed by atoms with Gasteiger partial charge in [0, 0.05) is 0 Å². The molecule has 2 nitrogen and oxygen atoms in total. The van der Waals surface area contributed by atoms with E-state index >= 15 is 0 Å². The van der Waals surface area contributed by atoms with Crippen LogP contribution < -0.4 is 4.74 Å². The molecule has 0 amide bonds. The van der Waals surface area contributed by atoms with Crippen molar-refractivity contribution in [3.63, 3.8) is 0 Å². The molecule has 14 heavy (non-hydrogen) atoms. The van der Waals surface area contributed by atoms with Crippen molar-refractivity contribution < 1.29 is 9.47 Å². The van der Waals surface area contributed by atoms with Crippen LogP contribution in [0.1, 0.15) is 12.5 Å². The summed E-state index contributed by atoms with van der Waals surface area (Å²) in [5.41, 5.74) is 0.902. The second-order valence-electron chi connectivity index (χ2n) is 3.55. The van der Waals surface area contributed by atoms with Gasteiger partial charge in [0.25, 0.3) is 0 Å². The fraction of sp³-hybridized carbons (Fsp3) is 0.333. The van der Waals surface area contributed by atoms with Crippen LogP contribution in [0.2, 0.25) is 0 Å². The summed E-state index contributed by atoms with van der Waals surface area (Å²) in [6.07, 6.45) is 4.14. The van der Waals surface area contributed by atoms with Gasteiger partial charge in [-0.25, -0.2) is 0 Å². The predicted molar refractivity (Wildman–Crippen MR) is 55.4 cm³/mol. The first kappa shape index (κ1) is 9.28. The molecule has 0 radical (unpaired) electrons. The average molecular weight is 190 g/mol. The summed E-state index contributed by atoms with van der Waals surface area (Å²) in [6.45, 7) is 2.76. The monoisotopic (exact) mass is 190 g/mol. The van der Waals surface area contributed by atoms with Crippen molar-refractivity contribution in [2.45, 2.75) is 12.5 Å². The van der Waals surface area contributed by atoms with Gasteiger partial charge in [-0.1, -0.05) is 24.3 Å². The number of rotatable bonds is 2. The highest BCUT2D eigenvalue weighted by Crippen LogP contribution is 2.31. The third-order valence-corrected chi connectivity index (χ3v) is 2.58. The summed E-state index contributed by atoms with van der Waals surface area (Å²) in [6, 6.07) is 7.98. The van der Waals surface area contributed by atoms with Gasteiger partial charge in [0.2, 0.25) is 0 Å². The number of benzene rings is 1. The molecule has 0 N–H and O–H groups in total. The molecule has 1 aromatic rings. The molecule has 0 bridgehead atoms. The van der Waals surface area contributed by atoms with Crippen LogP contribution in [-0.2, 0) is 10.3 Å². The Bertz CT molecular complexity index is 340. The largest absolute Gasteiger partial charge is 0.497 e. The van der Waals surface area contributed by atoms with Crippen LogP contribution in [0.15, 0.2) is 36.4 Å². The zero-order chi connectivity index (χ0) is 10.0. The zero-order valence-corrected chi connectivity index (χ0v) is 8.49. The lowest BCUT2D eigenvalue weighted by atomic mass is 9.96. The van der Waals surface area contributed by atoms with E-state index in [2.05, 4.69) is 13.0 Å². The van der Waals surface area contributed by atoms with E-state index in [1.807, 2.05) is 30.3 Å². The molecule has 1 heterocycles. The Morgan fingerprint density at radius 2 is 2.00 bits per heavy atom. The number of hydrogen-bond acceptors (Lipinski definition) is 2. The first-order valence-electron chi connectivity index (χ1n) is 4.71. The molecule has 0 fully saturated rings. The SMILES string of the molecule is COc1ccc(C2(C)C=CCO2)cc1. The molecule has 2 rings (SSSR count). The summed E-state index contributed by atoms with van der Waals surface area (Å²) in [5.74, 6) is 0.874. The summed E-state index contributed by atoms with van der Waals surface area (Å²) in [4.78, 5) is 0. The normalized spacial score (nSPS) is 25.3. The molecule has 1 atom stereocenters. The lowest BCUT2D eigenvalue weighted by Gasteiger charge is -2.22. The van der Waals surface area contributed by atoms with Crippen molar-refractivity contribution in [3.05, 3.63) is 42.0 Å². The van der Waals surface area contributed by atoms with Crippen molar-refractivity contribution in [1.29, 1.82) is 0 Å². The van der Waals surface area contributed by atoms with Gasteiger partial charge in [-0.05, 0) is 24.6 Å². The minimum Gasteiger partial charge on any atom is -0.497 e. The highest BCUT2D eigenvalue weighted by molar-refractivity contribution is 5.34. The standard InChI is InChI=1S/C12H14O2/c1-12(8-3-9-14-12)10-4-6-11(13-2)7-5-10/h3-8H,9H2,1-2H3. The third-order valence-electron chi connectivity index (χ3n) is 2.58. The lowest BCUT2D eigenvalue weighted by molar-refractivity contribution is 0.0390. The summed E-state index contributed by atoms with van der Waals surface area (Å²) < 4.78 is 10.8. The van der Waals surface area contributed by atoms with Crippen LogP contribution in [0.25, 0.3) is 0 Å². The summed E-state index contributed by atoms with van der Waals surface area (Å²) in [7, 11) is 1.67. The Balaban J connectivity index is 2.28. The maximum Gasteiger partial charge on any atom is 0.118 e. The van der Waals surface area contributed by atoms with Gasteiger partial charge in [0.1, 0.15) is 11.4 Å². The Labute approximate surface area is 84.2 Å². The molecule has 0 aromatic heterocycles. The highest BCUT2D eigenvalue weighted by Gasteiger charge is 2.26. The third kappa shape index (κ3) is 1.53. The average Bonchev–Trinajstić information content (AvgIpc) is 2.67. The molecule has 0 aliphatic carbocycles. The van der Waals surface area contributed by atoms with Gasteiger partial charge in [0.05, 0.1) is 13.7 Å². The van der Waals surface area contributed by atoms with Gasteiger partial charge in [0.15, 0.2) is 0 Å². The molecule has 1 unspecified atom stereocenters. The van der Waals surface area contributed by atoms with Gasteiger partial charge in [-0.3, -0.25) is 0 Å². The first-order chi connectivity index (χ1) is 6.74. The van der Waals surface area contributed by atoms with Crippen molar-refractivity contribution in [1.82, 2.24) is 0 Å². The van der Waals surface area contributed by atoms with E-state index < -0.39 is 0 Å². The second-order valence-corrected chi connectivity index (χ2v) is 3.55. The topological polar surface area (TPSA) is 18.5 Å². The number of ether oxygens (including phenoxy) is 2. The van der Waals surface area contributed by atoms with E-state index in [1.165, 1.54) is 0 Å². The van der Waals surface area contributed by atoms with Crippen LogP contribution in [0, 0.1) is 0 Å². The maximum atomic E-state index is 5.65. The van der Waals surface area contributed by atoms with Gasteiger partial charge in [-0.15, -0.1) is 0 Å². The van der Waals surface area contributed by atoms with Crippen LogP contribution in [0.5, 0.6) is 5.75 Å². The van der Waals surface area contributed by atoms with Crippen molar-refractivity contribution in [2.75, 3.05) is 13.7 Å². The first-order valence-corrected chi connectivity index (χ1v) is 4.71. The minimum absolute atomic E-state index is 0.258. The van der Waals surface area contributed by atoms with Crippen molar-refractivity contribution in [2.24, 2.45) is 0 Å². The molecule has 1 aromatic carbocycles. The smallest absolute Gasteiger partial charge is 0.118 e. The molecule has 74 valence electrons. The molecule has 0 saturated heterocycles. The van der Waals surface area contributed by atoms with Crippen LogP contribution in [0.3, 0.4) is 0 Å². The van der Waals surface area contributed by atoms with E-state index in [0.717, 1.165) is 11.3 Å². The Kier molecular flexibility index (Phi) is 2.30. The summed E-state index contributed by atoms with van der Waals surface area (Å²) >= 11 is 0. The van der Waals surface area contributed by atoms with Gasteiger partial charge >= 0.3 is 0 Å². The number of methoxy groups -OCH3 is 1. The fourth-order valence-electron chi connectivity index (χ4n) is 1.64. The van der Waals surface area contributed by atoms with Gasteiger partial charge < -0.3 is 9.47 Å². The molecular formula is C12H14O2. The number of hydrogen-bond donors (Lipinski definition) is 0. The zero-order valence-electron chi connectivity index (χ0n) is 8.49. The fourth-order valence-corrected chi connectivity index (χ4v) is 1.64. The Morgan fingerprint density at radius 3 is 2.50 bits per heavy atom. The Morgan fingerprint density at radius 1 is 1.29 bits per heavy atom. The quantitative estimate of drug-likeness (QED) is 0.667. The molecule has 0 spiro atoms. The molecule has 1 aliphatic rings. The van der Waals surface area contributed by atoms with Crippen LogP contribution >= 0.6 is 0 Å². The van der Waals surface area contributed by atoms with E-state index in [1.54, 1.807) is 7.11 Å². The van der Waals surface area contributed by atoms with E-state index in [-0.39, 0.29) is 5.60 Å². The molecule has 0 saturated carbocycles. The van der Waals surface area contributed by atoms with Crippen LogP contribution in [-0.4, -0.2) is 13.7 Å². The van der Waals surface area contributed by atoms with Crippen LogP contribution in [0.4, 0.5) is 0 Å². The van der Waals surface area contributed by atoms with E-state index in [9.17, 15) is 0 Å². The van der Waals surface area contributed by atoms with Crippen molar-refractivity contribution in [3.8, 4) is 5.75 Å². The molecular weight excluding hydrogens is 176 g/mol. The predicted octanol–water partition coefficient (Wildman–Crippen LogP) is 2.50. The van der Waals surface area contributed by atoms with E-state index in [4.69, 9.17) is 9.47 Å². The summed E-state index contributed by atoms with van der Waals surface area (Å²) in [5, 5.41) is 0.